The third-order valence-electron chi connectivity index (χ3n) is 4.87. The number of carboxylic acid groups (broad SMARTS) is 1. The molecule has 1 aliphatic carbocycles. The fourth-order valence-electron chi connectivity index (χ4n) is 3.49. The number of nitrogens with zero attached hydrogens (tertiary/aromatic N) is 2. The van der Waals surface area contributed by atoms with Crippen LogP contribution in [-0.2, 0) is 6.42 Å². The van der Waals surface area contributed by atoms with E-state index in [0.717, 1.165) is 23.3 Å². The summed E-state index contributed by atoms with van der Waals surface area (Å²) in [5, 5.41) is 9.14. The van der Waals surface area contributed by atoms with Crippen LogP contribution in [0.15, 0.2) is 41.3 Å². The number of hydrogen-bond acceptors (Lipinski definition) is 3. The second kappa shape index (κ2) is 5.95. The fraction of sp³-hybridized carbons (Fsp3) is 0.190. The van der Waals surface area contributed by atoms with Gasteiger partial charge >= 0.3 is 5.97 Å². The molecular formula is C21H18N2O3. The highest BCUT2D eigenvalue weighted by Gasteiger charge is 2.23. The number of hydrogen-bond donors (Lipinski definition) is 1. The number of aromatic nitrogens is 2. The van der Waals surface area contributed by atoms with Gasteiger partial charge in [0.15, 0.2) is 0 Å². The molecule has 5 heteroatoms. The molecule has 0 saturated carbocycles. The van der Waals surface area contributed by atoms with Crippen molar-refractivity contribution >= 4 is 23.3 Å². The van der Waals surface area contributed by atoms with E-state index in [1.165, 1.54) is 27.8 Å². The third-order valence-corrected chi connectivity index (χ3v) is 4.87. The first-order valence-corrected chi connectivity index (χ1v) is 8.51. The molecule has 2 aromatic heterocycles. The van der Waals surface area contributed by atoms with Crippen molar-refractivity contribution in [3.63, 3.8) is 0 Å². The van der Waals surface area contributed by atoms with Crippen molar-refractivity contribution in [2.45, 2.75) is 26.7 Å². The van der Waals surface area contributed by atoms with E-state index in [9.17, 15) is 9.59 Å². The average Bonchev–Trinajstić information content (AvgIpc) is 3.00. The second-order valence-electron chi connectivity index (χ2n) is 6.72. The first kappa shape index (κ1) is 16.3. The normalized spacial score (nSPS) is 14.8. The monoisotopic (exact) mass is 346 g/mol. The summed E-state index contributed by atoms with van der Waals surface area (Å²) >= 11 is 0. The lowest BCUT2D eigenvalue weighted by Gasteiger charge is -2.07. The first-order valence-electron chi connectivity index (χ1n) is 8.51. The van der Waals surface area contributed by atoms with E-state index in [1.807, 2.05) is 0 Å². The minimum atomic E-state index is -1.06. The number of rotatable bonds is 2. The lowest BCUT2D eigenvalue weighted by Crippen LogP contribution is -2.20. The van der Waals surface area contributed by atoms with Gasteiger partial charge in [-0.1, -0.05) is 23.8 Å². The second-order valence-corrected chi connectivity index (χ2v) is 6.72. The van der Waals surface area contributed by atoms with Gasteiger partial charge in [0.2, 0.25) is 0 Å². The Balaban J connectivity index is 1.88. The highest BCUT2D eigenvalue weighted by molar-refractivity contribution is 5.88. The van der Waals surface area contributed by atoms with Crippen LogP contribution >= 0.6 is 0 Å². The molecule has 2 heterocycles. The van der Waals surface area contributed by atoms with E-state index in [0.29, 0.717) is 17.6 Å². The van der Waals surface area contributed by atoms with Gasteiger partial charge in [0, 0.05) is 11.8 Å². The van der Waals surface area contributed by atoms with Gasteiger partial charge in [0.1, 0.15) is 5.65 Å². The maximum atomic E-state index is 12.8. The predicted octanol–water partition coefficient (Wildman–Crippen LogP) is 3.50. The Kier molecular flexibility index (Phi) is 3.72. The molecule has 0 unspecified atom stereocenters. The van der Waals surface area contributed by atoms with Gasteiger partial charge in [-0.25, -0.2) is 9.78 Å². The number of allylic oxidation sites excluding steroid dienone is 1. The number of fused-ring (bicyclic) bond motifs is 2. The van der Waals surface area contributed by atoms with Crippen molar-refractivity contribution in [2.75, 3.05) is 0 Å². The summed E-state index contributed by atoms with van der Waals surface area (Å²) in [5.74, 6) is -1.06. The Bertz CT molecular complexity index is 1160. The molecule has 130 valence electrons. The lowest BCUT2D eigenvalue weighted by atomic mass is 10.0. The van der Waals surface area contributed by atoms with E-state index < -0.39 is 5.97 Å². The molecular weight excluding hydrogens is 328 g/mol. The molecule has 0 bridgehead atoms. The molecule has 1 aromatic carbocycles. The largest absolute Gasteiger partial charge is 0.478 e. The zero-order chi connectivity index (χ0) is 18.4. The Morgan fingerprint density at radius 2 is 2.00 bits per heavy atom. The van der Waals surface area contributed by atoms with Crippen molar-refractivity contribution in [2.24, 2.45) is 0 Å². The van der Waals surface area contributed by atoms with Gasteiger partial charge < -0.3 is 5.11 Å². The van der Waals surface area contributed by atoms with Crippen LogP contribution in [-0.4, -0.2) is 20.5 Å². The molecule has 5 nitrogen and oxygen atoms in total. The van der Waals surface area contributed by atoms with Crippen LogP contribution in [0.5, 0.6) is 0 Å². The number of carbonyl (C=O) groups is 1. The van der Waals surface area contributed by atoms with Crippen LogP contribution in [0, 0.1) is 13.8 Å². The van der Waals surface area contributed by atoms with Crippen molar-refractivity contribution in [3.8, 4) is 0 Å². The molecule has 4 rings (SSSR count). The Hall–Kier alpha value is -3.21. The van der Waals surface area contributed by atoms with Gasteiger partial charge in [-0.2, -0.15) is 0 Å². The topological polar surface area (TPSA) is 71.7 Å². The Labute approximate surface area is 150 Å². The fourth-order valence-corrected chi connectivity index (χ4v) is 3.49. The summed E-state index contributed by atoms with van der Waals surface area (Å²) in [6.07, 6.45) is 4.83. The maximum absolute atomic E-state index is 12.8. The molecule has 0 amide bonds. The maximum Gasteiger partial charge on any atom is 0.337 e. The van der Waals surface area contributed by atoms with Crippen LogP contribution in [0.4, 0.5) is 0 Å². The van der Waals surface area contributed by atoms with Crippen molar-refractivity contribution in [1.29, 1.82) is 0 Å². The smallest absolute Gasteiger partial charge is 0.337 e. The number of benzene rings is 1. The number of aryl methyl sites for hydroxylation is 2. The van der Waals surface area contributed by atoms with E-state index in [-0.39, 0.29) is 11.1 Å². The van der Waals surface area contributed by atoms with E-state index in [4.69, 9.17) is 5.11 Å². The molecule has 0 radical (unpaired) electrons. The van der Waals surface area contributed by atoms with Gasteiger partial charge in [0.05, 0.1) is 11.3 Å². The summed E-state index contributed by atoms with van der Waals surface area (Å²) in [4.78, 5) is 28.6. The highest BCUT2D eigenvalue weighted by Crippen LogP contribution is 2.31. The molecule has 1 aliphatic rings. The van der Waals surface area contributed by atoms with Crippen LogP contribution in [0.25, 0.3) is 17.3 Å². The molecule has 26 heavy (non-hydrogen) atoms. The molecule has 0 saturated heterocycles. The standard InChI is InChI=1S/C21H18N2O3/c1-12-3-4-14(13(2)9-12)10-15-5-7-17-19(15)22-18-8-6-16(21(25)26)11-23(18)20(17)24/h3-4,6,8-11H,5,7H2,1-2H3,(H,25,26)/b15-10-. The molecule has 1 N–H and O–H groups in total. The molecule has 0 fully saturated rings. The van der Waals surface area contributed by atoms with Crippen LogP contribution in [0.3, 0.4) is 0 Å². The van der Waals surface area contributed by atoms with Crippen molar-refractivity contribution in [3.05, 3.63) is 80.4 Å². The third kappa shape index (κ3) is 2.62. The first-order chi connectivity index (χ1) is 12.4. The molecule has 0 aliphatic heterocycles. The summed E-state index contributed by atoms with van der Waals surface area (Å²) < 4.78 is 1.34. The Morgan fingerprint density at radius 1 is 1.19 bits per heavy atom. The van der Waals surface area contributed by atoms with Crippen LogP contribution in [0.1, 0.15) is 44.7 Å². The number of carboxylic acids is 1. The number of pyridine rings is 1. The summed E-state index contributed by atoms with van der Waals surface area (Å²) in [7, 11) is 0. The minimum Gasteiger partial charge on any atom is -0.478 e. The SMILES string of the molecule is Cc1ccc(/C=C2/CCc3c2nc2ccc(C(=O)O)cn2c3=O)c(C)c1. The minimum absolute atomic E-state index is 0.0744. The molecule has 0 atom stereocenters. The zero-order valence-corrected chi connectivity index (χ0v) is 14.6. The van der Waals surface area contributed by atoms with Crippen molar-refractivity contribution in [1.82, 2.24) is 9.38 Å². The van der Waals surface area contributed by atoms with Gasteiger partial charge in [-0.3, -0.25) is 9.20 Å². The summed E-state index contributed by atoms with van der Waals surface area (Å²) in [6, 6.07) is 9.35. The van der Waals surface area contributed by atoms with Gasteiger partial charge in [-0.15, -0.1) is 0 Å². The highest BCUT2D eigenvalue weighted by atomic mass is 16.4. The quantitative estimate of drug-likeness (QED) is 0.771. The van der Waals surface area contributed by atoms with E-state index >= 15 is 0 Å². The average molecular weight is 346 g/mol. The predicted molar refractivity (Wildman–Crippen MR) is 101 cm³/mol. The molecule has 3 aromatic rings. The zero-order valence-electron chi connectivity index (χ0n) is 14.6. The summed E-state index contributed by atoms with van der Waals surface area (Å²) in [6.45, 7) is 4.14. The van der Waals surface area contributed by atoms with Crippen LogP contribution < -0.4 is 5.56 Å². The van der Waals surface area contributed by atoms with Crippen molar-refractivity contribution < 1.29 is 9.90 Å². The van der Waals surface area contributed by atoms with E-state index in [2.05, 4.69) is 43.1 Å². The lowest BCUT2D eigenvalue weighted by molar-refractivity contribution is 0.0696. The molecule has 0 spiro atoms. The van der Waals surface area contributed by atoms with Gasteiger partial charge in [-0.05, 0) is 61.6 Å². The summed E-state index contributed by atoms with van der Waals surface area (Å²) in [5.41, 5.74) is 6.33. The van der Waals surface area contributed by atoms with E-state index in [1.54, 1.807) is 6.07 Å². The number of aromatic carboxylic acids is 1. The van der Waals surface area contributed by atoms with Gasteiger partial charge in [0.25, 0.3) is 5.56 Å². The Morgan fingerprint density at radius 3 is 2.73 bits per heavy atom. The van der Waals surface area contributed by atoms with Crippen LogP contribution in [0.2, 0.25) is 0 Å².